The minimum Gasteiger partial charge on any atom is -0.370 e. The summed E-state index contributed by atoms with van der Waals surface area (Å²) in [5.41, 5.74) is 5.89. The fourth-order valence-electron chi connectivity index (χ4n) is 2.42. The number of hydrogen-bond donors (Lipinski definition) is 1. The van der Waals surface area contributed by atoms with Crippen molar-refractivity contribution in [3.05, 3.63) is 0 Å². The van der Waals surface area contributed by atoms with Crippen molar-refractivity contribution in [1.29, 1.82) is 0 Å². The van der Waals surface area contributed by atoms with E-state index < -0.39 is 12.8 Å². The quantitative estimate of drug-likeness (QED) is 0.836. The zero-order valence-corrected chi connectivity index (χ0v) is 10.5. The normalized spacial score (nSPS) is 32.5. The number of rotatable bonds is 4. The molecular weight excluding hydrogens is 231 g/mol. The molecule has 0 aliphatic heterocycles. The van der Waals surface area contributed by atoms with Crippen LogP contribution in [-0.2, 0) is 4.74 Å². The molecule has 1 fully saturated rings. The Morgan fingerprint density at radius 2 is 1.88 bits per heavy atom. The standard InChI is InChI=1S/C12H22F3NO/c1-8-3-4-10(5-9(8)2)11(16)6-17-7-12(13,14)15/h8-11H,3-7,16H2,1-2H3. The van der Waals surface area contributed by atoms with Gasteiger partial charge < -0.3 is 10.5 Å². The summed E-state index contributed by atoms with van der Waals surface area (Å²) in [6.45, 7) is 3.21. The van der Waals surface area contributed by atoms with Crippen LogP contribution in [0, 0.1) is 17.8 Å². The summed E-state index contributed by atoms with van der Waals surface area (Å²) in [6.07, 6.45) is -1.15. The van der Waals surface area contributed by atoms with Gasteiger partial charge in [-0.05, 0) is 30.6 Å². The van der Waals surface area contributed by atoms with Crippen LogP contribution in [0.2, 0.25) is 0 Å². The van der Waals surface area contributed by atoms with E-state index in [2.05, 4.69) is 18.6 Å². The van der Waals surface area contributed by atoms with Gasteiger partial charge in [-0.15, -0.1) is 0 Å². The van der Waals surface area contributed by atoms with E-state index in [0.717, 1.165) is 19.3 Å². The van der Waals surface area contributed by atoms with E-state index in [9.17, 15) is 13.2 Å². The summed E-state index contributed by atoms with van der Waals surface area (Å²) < 4.78 is 40.3. The SMILES string of the molecule is CC1CCC(C(N)COCC(F)(F)F)CC1C. The van der Waals surface area contributed by atoms with Crippen molar-refractivity contribution in [2.75, 3.05) is 13.2 Å². The van der Waals surface area contributed by atoms with Gasteiger partial charge in [0.25, 0.3) is 0 Å². The van der Waals surface area contributed by atoms with Gasteiger partial charge in [0.1, 0.15) is 6.61 Å². The predicted molar refractivity (Wildman–Crippen MR) is 60.5 cm³/mol. The lowest BCUT2D eigenvalue weighted by atomic mass is 9.73. The Labute approximate surface area is 101 Å². The molecule has 2 nitrogen and oxygen atoms in total. The zero-order valence-electron chi connectivity index (χ0n) is 10.5. The third-order valence-corrected chi connectivity index (χ3v) is 3.82. The molecule has 1 rings (SSSR count). The van der Waals surface area contributed by atoms with Crippen molar-refractivity contribution >= 4 is 0 Å². The average Bonchev–Trinajstić information content (AvgIpc) is 2.20. The summed E-state index contributed by atoms with van der Waals surface area (Å²) in [7, 11) is 0. The Hall–Kier alpha value is -0.290. The fourth-order valence-corrected chi connectivity index (χ4v) is 2.42. The Kier molecular flexibility index (Phi) is 5.25. The molecule has 4 unspecified atom stereocenters. The maximum Gasteiger partial charge on any atom is 0.411 e. The van der Waals surface area contributed by atoms with E-state index in [1.54, 1.807) is 0 Å². The first-order chi connectivity index (χ1) is 7.79. The molecule has 0 spiro atoms. The second kappa shape index (κ2) is 6.05. The minimum absolute atomic E-state index is 0.00524. The van der Waals surface area contributed by atoms with Crippen LogP contribution in [0.25, 0.3) is 0 Å². The molecule has 17 heavy (non-hydrogen) atoms. The lowest BCUT2D eigenvalue weighted by Gasteiger charge is -2.35. The summed E-state index contributed by atoms with van der Waals surface area (Å²) in [5, 5.41) is 0. The second-order valence-corrected chi connectivity index (χ2v) is 5.32. The summed E-state index contributed by atoms with van der Waals surface area (Å²) >= 11 is 0. The zero-order chi connectivity index (χ0) is 13.1. The van der Waals surface area contributed by atoms with E-state index in [1.165, 1.54) is 0 Å². The highest BCUT2D eigenvalue weighted by Crippen LogP contribution is 2.34. The Morgan fingerprint density at radius 1 is 1.24 bits per heavy atom. The molecular formula is C12H22F3NO. The fraction of sp³-hybridized carbons (Fsp3) is 1.00. The number of hydrogen-bond acceptors (Lipinski definition) is 2. The maximum absolute atomic E-state index is 11.9. The highest BCUT2D eigenvalue weighted by atomic mass is 19.4. The van der Waals surface area contributed by atoms with Gasteiger partial charge >= 0.3 is 6.18 Å². The molecule has 0 aromatic heterocycles. The highest BCUT2D eigenvalue weighted by molar-refractivity contribution is 4.81. The highest BCUT2D eigenvalue weighted by Gasteiger charge is 2.31. The van der Waals surface area contributed by atoms with E-state index in [4.69, 9.17) is 5.73 Å². The topological polar surface area (TPSA) is 35.2 Å². The molecule has 5 heteroatoms. The van der Waals surface area contributed by atoms with Crippen LogP contribution in [-0.4, -0.2) is 25.4 Å². The van der Waals surface area contributed by atoms with Crippen LogP contribution in [0.15, 0.2) is 0 Å². The van der Waals surface area contributed by atoms with Crippen LogP contribution in [0.5, 0.6) is 0 Å². The predicted octanol–water partition coefficient (Wildman–Crippen LogP) is 2.96. The molecule has 0 radical (unpaired) electrons. The van der Waals surface area contributed by atoms with Crippen LogP contribution >= 0.6 is 0 Å². The first-order valence-electron chi connectivity index (χ1n) is 6.19. The van der Waals surface area contributed by atoms with Gasteiger partial charge in [0.2, 0.25) is 0 Å². The van der Waals surface area contributed by atoms with Gasteiger partial charge in [-0.1, -0.05) is 20.3 Å². The van der Waals surface area contributed by atoms with Crippen molar-refractivity contribution < 1.29 is 17.9 Å². The first-order valence-corrected chi connectivity index (χ1v) is 6.19. The molecule has 0 bridgehead atoms. The second-order valence-electron chi connectivity index (χ2n) is 5.32. The maximum atomic E-state index is 11.9. The summed E-state index contributed by atoms with van der Waals surface area (Å²) in [5.74, 6) is 1.59. The lowest BCUT2D eigenvalue weighted by Crippen LogP contribution is -2.39. The van der Waals surface area contributed by atoms with Gasteiger partial charge in [0.05, 0.1) is 6.61 Å². The van der Waals surface area contributed by atoms with Gasteiger partial charge in [0, 0.05) is 6.04 Å². The Bertz CT molecular complexity index is 232. The molecule has 102 valence electrons. The first kappa shape index (κ1) is 14.8. The monoisotopic (exact) mass is 253 g/mol. The molecule has 0 heterocycles. The molecule has 1 aliphatic rings. The van der Waals surface area contributed by atoms with Gasteiger partial charge in [-0.25, -0.2) is 0 Å². The molecule has 0 amide bonds. The molecule has 0 aromatic rings. The Balaban J connectivity index is 2.26. The van der Waals surface area contributed by atoms with Gasteiger partial charge in [0.15, 0.2) is 0 Å². The van der Waals surface area contributed by atoms with Crippen molar-refractivity contribution in [2.45, 2.75) is 45.3 Å². The van der Waals surface area contributed by atoms with Gasteiger partial charge in [-0.2, -0.15) is 13.2 Å². The van der Waals surface area contributed by atoms with Crippen molar-refractivity contribution in [1.82, 2.24) is 0 Å². The van der Waals surface area contributed by atoms with Crippen molar-refractivity contribution in [3.8, 4) is 0 Å². The lowest BCUT2D eigenvalue weighted by molar-refractivity contribution is -0.175. The molecule has 0 aromatic carbocycles. The number of nitrogens with two attached hydrogens (primary N) is 1. The van der Waals surface area contributed by atoms with E-state index in [0.29, 0.717) is 17.8 Å². The number of alkyl halides is 3. The third-order valence-electron chi connectivity index (χ3n) is 3.82. The largest absolute Gasteiger partial charge is 0.411 e. The van der Waals surface area contributed by atoms with Crippen molar-refractivity contribution in [2.24, 2.45) is 23.5 Å². The number of ether oxygens (including phenoxy) is 1. The van der Waals surface area contributed by atoms with Gasteiger partial charge in [-0.3, -0.25) is 0 Å². The molecule has 0 saturated heterocycles. The van der Waals surface area contributed by atoms with E-state index in [1.807, 2.05) is 0 Å². The summed E-state index contributed by atoms with van der Waals surface area (Å²) in [6, 6.07) is -0.271. The molecule has 1 aliphatic carbocycles. The van der Waals surface area contributed by atoms with Crippen LogP contribution in [0.3, 0.4) is 0 Å². The minimum atomic E-state index is -4.26. The molecule has 1 saturated carbocycles. The smallest absolute Gasteiger partial charge is 0.370 e. The van der Waals surface area contributed by atoms with Crippen molar-refractivity contribution in [3.63, 3.8) is 0 Å². The van der Waals surface area contributed by atoms with Crippen LogP contribution in [0.1, 0.15) is 33.1 Å². The van der Waals surface area contributed by atoms with E-state index in [-0.39, 0.29) is 12.6 Å². The molecule has 2 N–H and O–H groups in total. The third kappa shape index (κ3) is 5.25. The van der Waals surface area contributed by atoms with Crippen LogP contribution in [0.4, 0.5) is 13.2 Å². The van der Waals surface area contributed by atoms with E-state index >= 15 is 0 Å². The summed E-state index contributed by atoms with van der Waals surface area (Å²) in [4.78, 5) is 0. The average molecular weight is 253 g/mol. The molecule has 4 atom stereocenters. The number of halogens is 3. The Morgan fingerprint density at radius 3 is 2.41 bits per heavy atom. The van der Waals surface area contributed by atoms with Crippen LogP contribution < -0.4 is 5.73 Å².